The van der Waals surface area contributed by atoms with Gasteiger partial charge in [0.25, 0.3) is 0 Å². The second kappa shape index (κ2) is 9.35. The molecule has 0 aliphatic rings. The second-order valence-electron chi connectivity index (χ2n) is 6.30. The standard InChI is InChI=1S/C16H31N3S/c1-6-17-16-18-11-15(20-16)12-19(9-7-13(2)3)10-8-14(4)5/h11,13-14H,6-10,12H2,1-5H3,(H,17,18). The summed E-state index contributed by atoms with van der Waals surface area (Å²) in [5.74, 6) is 1.55. The quantitative estimate of drug-likeness (QED) is 0.690. The van der Waals surface area contributed by atoms with Gasteiger partial charge >= 0.3 is 0 Å². The predicted molar refractivity (Wildman–Crippen MR) is 90.5 cm³/mol. The van der Waals surface area contributed by atoms with E-state index in [4.69, 9.17) is 0 Å². The first-order valence-corrected chi connectivity index (χ1v) is 8.73. The van der Waals surface area contributed by atoms with Gasteiger partial charge in [-0.1, -0.05) is 27.7 Å². The van der Waals surface area contributed by atoms with Crippen molar-refractivity contribution in [2.24, 2.45) is 11.8 Å². The van der Waals surface area contributed by atoms with Gasteiger partial charge in [-0.15, -0.1) is 11.3 Å². The van der Waals surface area contributed by atoms with Crippen LogP contribution in [-0.2, 0) is 6.54 Å². The van der Waals surface area contributed by atoms with E-state index >= 15 is 0 Å². The van der Waals surface area contributed by atoms with E-state index in [1.807, 2.05) is 6.20 Å². The lowest BCUT2D eigenvalue weighted by atomic mass is 10.1. The van der Waals surface area contributed by atoms with Gasteiger partial charge in [-0.25, -0.2) is 4.98 Å². The van der Waals surface area contributed by atoms with Gasteiger partial charge in [0, 0.05) is 24.2 Å². The van der Waals surface area contributed by atoms with Gasteiger partial charge in [-0.2, -0.15) is 0 Å². The Hall–Kier alpha value is -0.610. The highest BCUT2D eigenvalue weighted by Gasteiger charge is 2.10. The number of hydrogen-bond acceptors (Lipinski definition) is 4. The lowest BCUT2D eigenvalue weighted by molar-refractivity contribution is 0.237. The Morgan fingerprint density at radius 2 is 1.75 bits per heavy atom. The van der Waals surface area contributed by atoms with E-state index in [9.17, 15) is 0 Å². The Morgan fingerprint density at radius 1 is 1.15 bits per heavy atom. The first-order chi connectivity index (χ1) is 9.51. The molecule has 0 aliphatic carbocycles. The fourth-order valence-electron chi connectivity index (χ4n) is 1.99. The van der Waals surface area contributed by atoms with Crippen molar-refractivity contribution in [1.29, 1.82) is 0 Å². The molecule has 4 heteroatoms. The molecule has 0 amide bonds. The Bertz CT molecular complexity index is 348. The zero-order valence-corrected chi connectivity index (χ0v) is 14.6. The van der Waals surface area contributed by atoms with Crippen molar-refractivity contribution in [1.82, 2.24) is 9.88 Å². The molecule has 20 heavy (non-hydrogen) atoms. The van der Waals surface area contributed by atoms with Crippen molar-refractivity contribution in [3.63, 3.8) is 0 Å². The zero-order chi connectivity index (χ0) is 15.0. The molecule has 0 radical (unpaired) electrons. The number of aromatic nitrogens is 1. The number of thiazole rings is 1. The van der Waals surface area contributed by atoms with Crippen LogP contribution in [0.15, 0.2) is 6.20 Å². The number of hydrogen-bond donors (Lipinski definition) is 1. The highest BCUT2D eigenvalue weighted by atomic mass is 32.1. The third-order valence-corrected chi connectivity index (χ3v) is 4.25. The largest absolute Gasteiger partial charge is 0.362 e. The third kappa shape index (κ3) is 7.25. The third-order valence-electron chi connectivity index (χ3n) is 3.31. The smallest absolute Gasteiger partial charge is 0.182 e. The second-order valence-corrected chi connectivity index (χ2v) is 7.42. The summed E-state index contributed by atoms with van der Waals surface area (Å²) < 4.78 is 0. The van der Waals surface area contributed by atoms with Crippen LogP contribution in [0, 0.1) is 11.8 Å². The van der Waals surface area contributed by atoms with Gasteiger partial charge in [-0.05, 0) is 44.7 Å². The molecule has 0 aromatic carbocycles. The summed E-state index contributed by atoms with van der Waals surface area (Å²) in [6.45, 7) is 15.7. The minimum Gasteiger partial charge on any atom is -0.362 e. The number of nitrogens with one attached hydrogen (secondary N) is 1. The minimum atomic E-state index is 0.773. The van der Waals surface area contributed by atoms with Crippen LogP contribution in [0.25, 0.3) is 0 Å². The van der Waals surface area contributed by atoms with Crippen molar-refractivity contribution in [2.45, 2.75) is 54.0 Å². The maximum absolute atomic E-state index is 4.43. The van der Waals surface area contributed by atoms with Crippen LogP contribution >= 0.6 is 11.3 Å². The highest BCUT2D eigenvalue weighted by Crippen LogP contribution is 2.20. The van der Waals surface area contributed by atoms with Gasteiger partial charge in [0.15, 0.2) is 5.13 Å². The number of rotatable bonds is 10. The average Bonchev–Trinajstić information content (AvgIpc) is 2.80. The van der Waals surface area contributed by atoms with Gasteiger partial charge in [0.2, 0.25) is 0 Å². The van der Waals surface area contributed by atoms with E-state index in [2.05, 4.69) is 49.8 Å². The lowest BCUT2D eigenvalue weighted by Gasteiger charge is -2.23. The van der Waals surface area contributed by atoms with E-state index in [1.165, 1.54) is 30.8 Å². The van der Waals surface area contributed by atoms with Crippen molar-refractivity contribution >= 4 is 16.5 Å². The SMILES string of the molecule is CCNc1ncc(CN(CCC(C)C)CCC(C)C)s1. The average molecular weight is 298 g/mol. The summed E-state index contributed by atoms with van der Waals surface area (Å²) in [7, 11) is 0. The molecule has 0 saturated heterocycles. The molecule has 0 bridgehead atoms. The summed E-state index contributed by atoms with van der Waals surface area (Å²) in [5, 5.41) is 4.34. The van der Waals surface area contributed by atoms with Crippen molar-refractivity contribution in [2.75, 3.05) is 25.0 Å². The summed E-state index contributed by atoms with van der Waals surface area (Å²) in [4.78, 5) is 8.39. The molecule has 0 unspecified atom stereocenters. The highest BCUT2D eigenvalue weighted by molar-refractivity contribution is 7.15. The fourth-order valence-corrected chi connectivity index (χ4v) is 2.91. The van der Waals surface area contributed by atoms with Crippen LogP contribution in [0.1, 0.15) is 52.3 Å². The Labute approximate surface area is 128 Å². The molecule has 1 N–H and O–H groups in total. The molecule has 0 aliphatic heterocycles. The molecule has 1 rings (SSSR count). The van der Waals surface area contributed by atoms with Crippen LogP contribution in [0.2, 0.25) is 0 Å². The van der Waals surface area contributed by atoms with Crippen LogP contribution in [0.4, 0.5) is 5.13 Å². The van der Waals surface area contributed by atoms with E-state index in [1.54, 1.807) is 11.3 Å². The van der Waals surface area contributed by atoms with Crippen LogP contribution in [-0.4, -0.2) is 29.5 Å². The monoisotopic (exact) mass is 297 g/mol. The van der Waals surface area contributed by atoms with Crippen LogP contribution < -0.4 is 5.32 Å². The summed E-state index contributed by atoms with van der Waals surface area (Å²) >= 11 is 1.79. The molecule has 0 saturated carbocycles. The van der Waals surface area contributed by atoms with E-state index in [0.717, 1.165) is 30.1 Å². The minimum absolute atomic E-state index is 0.773. The van der Waals surface area contributed by atoms with Gasteiger partial charge in [-0.3, -0.25) is 4.90 Å². The Balaban J connectivity index is 2.52. The van der Waals surface area contributed by atoms with E-state index < -0.39 is 0 Å². The predicted octanol–water partition coefficient (Wildman–Crippen LogP) is 4.47. The maximum atomic E-state index is 4.43. The van der Waals surface area contributed by atoms with Gasteiger partial charge in [0.05, 0.1) is 0 Å². The normalized spacial score (nSPS) is 11.8. The fraction of sp³-hybridized carbons (Fsp3) is 0.812. The molecule has 1 heterocycles. The molecule has 0 fully saturated rings. The first-order valence-electron chi connectivity index (χ1n) is 7.92. The molecule has 0 spiro atoms. The van der Waals surface area contributed by atoms with E-state index in [-0.39, 0.29) is 0 Å². The molecular formula is C16H31N3S. The van der Waals surface area contributed by atoms with Gasteiger partial charge < -0.3 is 5.32 Å². The lowest BCUT2D eigenvalue weighted by Crippen LogP contribution is -2.27. The molecule has 1 aromatic heterocycles. The summed E-state index contributed by atoms with van der Waals surface area (Å²) in [6, 6.07) is 0. The van der Waals surface area contributed by atoms with Crippen LogP contribution in [0.5, 0.6) is 0 Å². The molecule has 116 valence electrons. The number of anilines is 1. The van der Waals surface area contributed by atoms with Crippen LogP contribution in [0.3, 0.4) is 0 Å². The Kier molecular flexibility index (Phi) is 8.15. The van der Waals surface area contributed by atoms with Crippen molar-refractivity contribution in [3.8, 4) is 0 Å². The molecule has 3 nitrogen and oxygen atoms in total. The molecule has 1 aromatic rings. The van der Waals surface area contributed by atoms with Crippen molar-refractivity contribution < 1.29 is 0 Å². The number of nitrogens with zero attached hydrogens (tertiary/aromatic N) is 2. The topological polar surface area (TPSA) is 28.2 Å². The maximum Gasteiger partial charge on any atom is 0.182 e. The van der Waals surface area contributed by atoms with Gasteiger partial charge in [0.1, 0.15) is 0 Å². The van der Waals surface area contributed by atoms with Crippen molar-refractivity contribution in [3.05, 3.63) is 11.1 Å². The van der Waals surface area contributed by atoms with E-state index in [0.29, 0.717) is 0 Å². The summed E-state index contributed by atoms with van der Waals surface area (Å²) in [6.07, 6.45) is 4.58. The zero-order valence-electron chi connectivity index (χ0n) is 13.8. The molecular weight excluding hydrogens is 266 g/mol. The first kappa shape index (κ1) is 17.4. The Morgan fingerprint density at radius 3 is 2.25 bits per heavy atom. The molecule has 0 atom stereocenters. The summed E-state index contributed by atoms with van der Waals surface area (Å²) in [5.41, 5.74) is 0.